The molecule has 4 heteroatoms. The lowest BCUT2D eigenvalue weighted by Gasteiger charge is -2.33. The van der Waals surface area contributed by atoms with Gasteiger partial charge in [-0.25, -0.2) is 0 Å². The van der Waals surface area contributed by atoms with Crippen molar-refractivity contribution < 1.29 is 9.53 Å². The maximum absolute atomic E-state index is 12.3. The van der Waals surface area contributed by atoms with Crippen molar-refractivity contribution in [1.29, 1.82) is 0 Å². The molecule has 2 atom stereocenters. The third kappa shape index (κ3) is 3.78. The maximum atomic E-state index is 12.3. The maximum Gasteiger partial charge on any atom is 0.239 e. The molecule has 4 nitrogen and oxygen atoms in total. The monoisotopic (exact) mass is 262 g/mol. The summed E-state index contributed by atoms with van der Waals surface area (Å²) >= 11 is 0. The van der Waals surface area contributed by atoms with E-state index in [1.54, 1.807) is 7.11 Å². The second kappa shape index (κ2) is 6.68. The molecule has 1 aromatic carbocycles. The molecule has 2 rings (SSSR count). The van der Waals surface area contributed by atoms with Gasteiger partial charge in [0.2, 0.25) is 5.91 Å². The molecule has 1 heterocycles. The highest BCUT2D eigenvalue weighted by atomic mass is 16.5. The van der Waals surface area contributed by atoms with E-state index in [4.69, 9.17) is 10.5 Å². The molecule has 1 fully saturated rings. The number of rotatable bonds is 4. The van der Waals surface area contributed by atoms with Gasteiger partial charge in [-0.15, -0.1) is 0 Å². The fraction of sp³-hybridized carbons (Fsp3) is 0.533. The molecule has 2 N–H and O–H groups in total. The fourth-order valence-corrected chi connectivity index (χ4v) is 2.52. The number of hydrogen-bond acceptors (Lipinski definition) is 3. The van der Waals surface area contributed by atoms with Gasteiger partial charge in [0.1, 0.15) is 0 Å². The Labute approximate surface area is 114 Å². The van der Waals surface area contributed by atoms with Crippen LogP contribution in [0.15, 0.2) is 30.3 Å². The van der Waals surface area contributed by atoms with Crippen molar-refractivity contribution in [2.75, 3.05) is 20.2 Å². The third-order valence-electron chi connectivity index (χ3n) is 3.64. The van der Waals surface area contributed by atoms with Crippen LogP contribution in [0.3, 0.4) is 0 Å². The van der Waals surface area contributed by atoms with Crippen LogP contribution >= 0.6 is 0 Å². The molecule has 1 aromatic rings. The zero-order valence-electron chi connectivity index (χ0n) is 11.4. The van der Waals surface area contributed by atoms with Crippen molar-refractivity contribution in [1.82, 2.24) is 4.90 Å². The number of piperidine rings is 1. The molecule has 0 unspecified atom stereocenters. The number of nitrogens with two attached hydrogens (primary N) is 1. The van der Waals surface area contributed by atoms with Gasteiger partial charge in [-0.2, -0.15) is 0 Å². The van der Waals surface area contributed by atoms with Crippen molar-refractivity contribution >= 4 is 5.91 Å². The van der Waals surface area contributed by atoms with E-state index >= 15 is 0 Å². The van der Waals surface area contributed by atoms with Crippen molar-refractivity contribution in [2.45, 2.75) is 31.4 Å². The van der Waals surface area contributed by atoms with Crippen LogP contribution in [0.4, 0.5) is 0 Å². The molecular formula is C15H22N2O2. The van der Waals surface area contributed by atoms with E-state index < -0.39 is 6.04 Å². The Balaban J connectivity index is 1.91. The highest BCUT2D eigenvalue weighted by Gasteiger charge is 2.26. The molecule has 1 saturated heterocycles. The highest BCUT2D eigenvalue weighted by molar-refractivity contribution is 5.82. The van der Waals surface area contributed by atoms with E-state index in [0.29, 0.717) is 13.0 Å². The van der Waals surface area contributed by atoms with E-state index in [9.17, 15) is 4.79 Å². The first-order chi connectivity index (χ1) is 9.20. The number of likely N-dealkylation sites (tertiary alicyclic amines) is 1. The van der Waals surface area contributed by atoms with Crippen LogP contribution in [-0.4, -0.2) is 43.2 Å². The van der Waals surface area contributed by atoms with Crippen molar-refractivity contribution in [3.63, 3.8) is 0 Å². The normalized spacial score (nSPS) is 21.2. The Bertz CT molecular complexity index is 408. The van der Waals surface area contributed by atoms with E-state index in [1.165, 1.54) is 0 Å². The summed E-state index contributed by atoms with van der Waals surface area (Å²) in [6.07, 6.45) is 2.76. The van der Waals surface area contributed by atoms with Gasteiger partial charge in [-0.1, -0.05) is 30.3 Å². The summed E-state index contributed by atoms with van der Waals surface area (Å²) in [5, 5.41) is 0. The van der Waals surface area contributed by atoms with Crippen LogP contribution in [0.25, 0.3) is 0 Å². The summed E-state index contributed by atoms with van der Waals surface area (Å²) in [6, 6.07) is 9.44. The van der Waals surface area contributed by atoms with Gasteiger partial charge in [0, 0.05) is 20.2 Å². The zero-order chi connectivity index (χ0) is 13.7. The van der Waals surface area contributed by atoms with Crippen LogP contribution in [-0.2, 0) is 16.0 Å². The zero-order valence-corrected chi connectivity index (χ0v) is 11.4. The summed E-state index contributed by atoms with van der Waals surface area (Å²) < 4.78 is 5.33. The van der Waals surface area contributed by atoms with Gasteiger partial charge >= 0.3 is 0 Å². The predicted octanol–water partition coefficient (Wildman–Crippen LogP) is 1.19. The van der Waals surface area contributed by atoms with E-state index in [2.05, 4.69) is 0 Å². The van der Waals surface area contributed by atoms with Crippen LogP contribution < -0.4 is 5.73 Å². The Morgan fingerprint density at radius 2 is 2.21 bits per heavy atom. The third-order valence-corrected chi connectivity index (χ3v) is 3.64. The van der Waals surface area contributed by atoms with Gasteiger partial charge in [0.05, 0.1) is 12.1 Å². The molecule has 0 aromatic heterocycles. The SMILES string of the molecule is CO[C@H]1CCCN(C(=O)[C@H](N)Cc2ccccc2)C1. The second-order valence-electron chi connectivity index (χ2n) is 5.08. The topological polar surface area (TPSA) is 55.6 Å². The second-order valence-corrected chi connectivity index (χ2v) is 5.08. The van der Waals surface area contributed by atoms with Crippen LogP contribution in [0.1, 0.15) is 18.4 Å². The van der Waals surface area contributed by atoms with Gasteiger partial charge in [-0.05, 0) is 24.8 Å². The van der Waals surface area contributed by atoms with E-state index in [1.807, 2.05) is 35.2 Å². The largest absolute Gasteiger partial charge is 0.380 e. The van der Waals surface area contributed by atoms with E-state index in [0.717, 1.165) is 24.9 Å². The molecule has 19 heavy (non-hydrogen) atoms. The first-order valence-electron chi connectivity index (χ1n) is 6.82. The Hall–Kier alpha value is -1.39. The lowest BCUT2D eigenvalue weighted by Crippen LogP contribution is -2.50. The highest BCUT2D eigenvalue weighted by Crippen LogP contribution is 2.14. The molecule has 1 amide bonds. The standard InChI is InChI=1S/C15H22N2O2/c1-19-13-8-5-9-17(11-13)15(18)14(16)10-12-6-3-2-4-7-12/h2-4,6-7,13-14H,5,8-11,16H2,1H3/t13-,14+/m0/s1. The molecule has 1 aliphatic heterocycles. The minimum Gasteiger partial charge on any atom is -0.380 e. The van der Waals surface area contributed by atoms with Gasteiger partial charge in [0.25, 0.3) is 0 Å². The lowest BCUT2D eigenvalue weighted by atomic mass is 10.0. The number of benzene rings is 1. The van der Waals surface area contributed by atoms with E-state index in [-0.39, 0.29) is 12.0 Å². The van der Waals surface area contributed by atoms with Crippen molar-refractivity contribution in [3.05, 3.63) is 35.9 Å². The number of carbonyl (C=O) groups excluding carboxylic acids is 1. The smallest absolute Gasteiger partial charge is 0.239 e. The van der Waals surface area contributed by atoms with Gasteiger partial charge in [0.15, 0.2) is 0 Å². The van der Waals surface area contributed by atoms with Gasteiger partial charge in [-0.3, -0.25) is 4.79 Å². The molecule has 1 aliphatic rings. The van der Waals surface area contributed by atoms with Crippen LogP contribution in [0.2, 0.25) is 0 Å². The Kier molecular flexibility index (Phi) is 4.93. The van der Waals surface area contributed by atoms with Gasteiger partial charge < -0.3 is 15.4 Å². The first kappa shape index (κ1) is 14.0. The molecule has 0 radical (unpaired) electrons. The quantitative estimate of drug-likeness (QED) is 0.887. The number of ether oxygens (including phenoxy) is 1. The fourth-order valence-electron chi connectivity index (χ4n) is 2.52. The molecule has 0 saturated carbocycles. The van der Waals surface area contributed by atoms with Crippen LogP contribution in [0.5, 0.6) is 0 Å². The minimum absolute atomic E-state index is 0.0330. The molecule has 0 bridgehead atoms. The number of carbonyl (C=O) groups is 1. The minimum atomic E-state index is -0.460. The van der Waals surface area contributed by atoms with Crippen LogP contribution in [0, 0.1) is 0 Å². The first-order valence-corrected chi connectivity index (χ1v) is 6.82. The molecule has 104 valence electrons. The molecule has 0 aliphatic carbocycles. The van der Waals surface area contributed by atoms with Crippen molar-refractivity contribution in [2.24, 2.45) is 5.73 Å². The molecule has 0 spiro atoms. The summed E-state index contributed by atoms with van der Waals surface area (Å²) in [4.78, 5) is 14.1. The van der Waals surface area contributed by atoms with Crippen molar-refractivity contribution in [3.8, 4) is 0 Å². The summed E-state index contributed by atoms with van der Waals surface area (Å²) in [7, 11) is 1.70. The number of methoxy groups -OCH3 is 1. The number of nitrogens with zero attached hydrogens (tertiary/aromatic N) is 1. The average Bonchev–Trinajstić information content (AvgIpc) is 2.47. The summed E-state index contributed by atoms with van der Waals surface area (Å²) in [6.45, 7) is 1.46. The summed E-state index contributed by atoms with van der Waals surface area (Å²) in [5.41, 5.74) is 7.14. The Morgan fingerprint density at radius 1 is 1.47 bits per heavy atom. The lowest BCUT2D eigenvalue weighted by molar-refractivity contribution is -0.136. The number of hydrogen-bond donors (Lipinski definition) is 1. The Morgan fingerprint density at radius 3 is 2.89 bits per heavy atom. The predicted molar refractivity (Wildman–Crippen MR) is 74.7 cm³/mol. The molecular weight excluding hydrogens is 240 g/mol. The average molecular weight is 262 g/mol. The summed E-state index contributed by atoms with van der Waals surface area (Å²) in [5.74, 6) is 0.0330. The number of amides is 1.